The summed E-state index contributed by atoms with van der Waals surface area (Å²) in [7, 11) is 1.77. The van der Waals surface area contributed by atoms with Crippen LogP contribution in [-0.2, 0) is 4.74 Å². The highest BCUT2D eigenvalue weighted by molar-refractivity contribution is 6.77. The maximum atomic E-state index is 9.91. The van der Waals surface area contributed by atoms with Gasteiger partial charge in [-0.25, -0.2) is 5.26 Å². The van der Waals surface area contributed by atoms with Gasteiger partial charge in [-0.3, -0.25) is 0 Å². The van der Waals surface area contributed by atoms with Crippen LogP contribution in [0.25, 0.3) is 0 Å². The number of halogens is 2. The van der Waals surface area contributed by atoms with Crippen molar-refractivity contribution in [1.82, 2.24) is 0 Å². The van der Waals surface area contributed by atoms with Crippen LogP contribution in [0.4, 0.5) is 0 Å². The van der Waals surface area contributed by atoms with E-state index in [2.05, 4.69) is 50.7 Å². The monoisotopic (exact) mass is 467 g/mol. The van der Waals surface area contributed by atoms with Crippen molar-refractivity contribution in [2.75, 3.05) is 7.11 Å². The van der Waals surface area contributed by atoms with Crippen molar-refractivity contribution in [1.29, 1.82) is 5.26 Å². The second-order valence-corrected chi connectivity index (χ2v) is 9.70. The molecule has 5 unspecified atom stereocenters. The Labute approximate surface area is 203 Å². The second-order valence-electron chi connectivity index (χ2n) is 8.86. The molecule has 1 saturated heterocycles. The highest BCUT2D eigenvalue weighted by Crippen LogP contribution is 2.63. The Hall–Kier alpha value is -1.73. The van der Waals surface area contributed by atoms with Crippen molar-refractivity contribution in [3.05, 3.63) is 81.3 Å². The smallest absolute Gasteiger partial charge is 0.301 e. The molecule has 2 nitrogen and oxygen atoms in total. The van der Waals surface area contributed by atoms with Crippen LogP contribution in [0.3, 0.4) is 0 Å². The number of ether oxygens (including phenoxy) is 1. The predicted octanol–water partition coefficient (Wildman–Crippen LogP) is 8.05. The van der Waals surface area contributed by atoms with Gasteiger partial charge in [-0.2, -0.15) is 0 Å². The molecule has 0 bridgehead atoms. The van der Waals surface area contributed by atoms with E-state index in [4.69, 9.17) is 27.9 Å². The van der Waals surface area contributed by atoms with Gasteiger partial charge in [-0.05, 0) is 78.2 Å². The van der Waals surface area contributed by atoms with Crippen LogP contribution in [0.2, 0.25) is 15.9 Å². The first-order valence-electron chi connectivity index (χ1n) is 11.5. The van der Waals surface area contributed by atoms with Gasteiger partial charge in [0.25, 0.3) is 0 Å². The number of nitriles is 1. The van der Waals surface area contributed by atoms with Gasteiger partial charge in [-0.1, -0.05) is 73.7 Å². The molecule has 1 heterocycles. The van der Waals surface area contributed by atoms with Crippen molar-refractivity contribution < 1.29 is 4.74 Å². The molecule has 168 valence electrons. The Morgan fingerprint density at radius 2 is 1.81 bits per heavy atom. The fourth-order valence-corrected chi connectivity index (χ4v) is 6.64. The molecule has 1 saturated carbocycles. The van der Waals surface area contributed by atoms with Gasteiger partial charge >= 0.3 is 6.71 Å². The van der Waals surface area contributed by atoms with Crippen molar-refractivity contribution in [3.63, 3.8) is 0 Å². The molecule has 2 aromatic carbocycles. The van der Waals surface area contributed by atoms with Crippen molar-refractivity contribution in [2.45, 2.75) is 63.8 Å². The first kappa shape index (κ1) is 24.9. The van der Waals surface area contributed by atoms with E-state index >= 15 is 0 Å². The minimum absolute atomic E-state index is 0.134. The number of hydrogen-bond acceptors (Lipinski definition) is 2. The average molecular weight is 468 g/mol. The summed E-state index contributed by atoms with van der Waals surface area (Å²) < 4.78 is 6.22. The average Bonchev–Trinajstić information content (AvgIpc) is 3.02. The Bertz CT molecular complexity index is 1020. The molecule has 4 rings (SSSR count). The molecule has 0 N–H and O–H groups in total. The number of aryl methyl sites for hydroxylation is 1. The number of rotatable bonds is 3. The Kier molecular flexibility index (Phi) is 7.82. The molecule has 2 aliphatic rings. The summed E-state index contributed by atoms with van der Waals surface area (Å²) in [5.41, 5.74) is 3.98. The minimum Gasteiger partial charge on any atom is -0.374 e. The summed E-state index contributed by atoms with van der Waals surface area (Å²) in [5.74, 6) is 3.17. The van der Waals surface area contributed by atoms with E-state index in [0.717, 1.165) is 33.9 Å². The third kappa shape index (κ3) is 4.03. The van der Waals surface area contributed by atoms with Crippen LogP contribution in [0.5, 0.6) is 0 Å². The number of nitrogens with zero attached hydrogens (tertiary/aromatic N) is 1. The fourth-order valence-electron chi connectivity index (χ4n) is 6.14. The normalized spacial score (nSPS) is 29.1. The summed E-state index contributed by atoms with van der Waals surface area (Å²) >= 11 is 13.0. The third-order valence-electron chi connectivity index (χ3n) is 7.51. The minimum atomic E-state index is -0.488. The van der Waals surface area contributed by atoms with Crippen molar-refractivity contribution in [2.24, 2.45) is 5.92 Å². The highest BCUT2D eigenvalue weighted by Gasteiger charge is 2.62. The number of hydrogen-bond donors (Lipinski definition) is 0. The quantitative estimate of drug-likeness (QED) is 0.427. The van der Waals surface area contributed by atoms with Crippen molar-refractivity contribution >= 4 is 29.9 Å². The molecule has 0 aromatic heterocycles. The number of benzene rings is 2. The van der Waals surface area contributed by atoms with E-state index in [1.54, 1.807) is 7.11 Å². The van der Waals surface area contributed by atoms with Crippen LogP contribution < -0.4 is 0 Å². The van der Waals surface area contributed by atoms with Gasteiger partial charge in [0.05, 0.1) is 5.60 Å². The van der Waals surface area contributed by atoms with Gasteiger partial charge < -0.3 is 4.74 Å². The molecular weight excluding hydrogens is 436 g/mol. The first-order valence-corrected chi connectivity index (χ1v) is 12.2. The predicted molar refractivity (Wildman–Crippen MR) is 137 cm³/mol. The maximum absolute atomic E-state index is 9.91. The highest BCUT2D eigenvalue weighted by atomic mass is 35.5. The van der Waals surface area contributed by atoms with Gasteiger partial charge in [0.2, 0.25) is 0 Å². The first-order chi connectivity index (χ1) is 15.3. The Morgan fingerprint density at radius 3 is 2.38 bits per heavy atom. The van der Waals surface area contributed by atoms with Gasteiger partial charge in [0.15, 0.2) is 0 Å². The second kappa shape index (κ2) is 10.0. The Morgan fingerprint density at radius 1 is 1.16 bits per heavy atom. The summed E-state index contributed by atoms with van der Waals surface area (Å²) in [5, 5.41) is 11.4. The molecular formula is C27H32BCl2NO. The molecule has 0 amide bonds. The van der Waals surface area contributed by atoms with Crippen LogP contribution in [0, 0.1) is 24.1 Å². The molecule has 5 heteroatoms. The summed E-state index contributed by atoms with van der Waals surface area (Å²) in [6.07, 6.45) is 1.76. The topological polar surface area (TPSA) is 33.0 Å². The van der Waals surface area contributed by atoms with E-state index in [9.17, 15) is 5.26 Å². The standard InChI is InChI=1S/C25H26BCl2NO.C2H6/c1-15-5-10-20(22(28)13-15)21-11-12-25(30-4)17(3)26(14-29)16(2)24(25)23(21)18-6-8-19(27)9-7-18;1-2/h5-10,13,16,21,23-24H,3,11-12H2,1-2,4H3;1-2H3. The zero-order valence-corrected chi connectivity index (χ0v) is 21.2. The lowest BCUT2D eigenvalue weighted by Crippen LogP contribution is -2.46. The third-order valence-corrected chi connectivity index (χ3v) is 8.09. The number of methoxy groups -OCH3 is 1. The molecule has 2 aromatic rings. The van der Waals surface area contributed by atoms with Crippen LogP contribution in [0.1, 0.15) is 62.1 Å². The summed E-state index contributed by atoms with van der Waals surface area (Å²) in [6.45, 7) is 12.4. The van der Waals surface area contributed by atoms with E-state index < -0.39 is 5.60 Å². The molecule has 5 atom stereocenters. The van der Waals surface area contributed by atoms with E-state index in [1.165, 1.54) is 11.1 Å². The lowest BCUT2D eigenvalue weighted by atomic mass is 9.41. The Balaban J connectivity index is 0.00000141. The van der Waals surface area contributed by atoms with E-state index in [0.29, 0.717) is 0 Å². The summed E-state index contributed by atoms with van der Waals surface area (Å²) in [4.78, 5) is 0. The molecule has 1 aliphatic carbocycles. The zero-order valence-electron chi connectivity index (χ0n) is 19.7. The van der Waals surface area contributed by atoms with Crippen LogP contribution in [-0.4, -0.2) is 19.4 Å². The lowest BCUT2D eigenvalue weighted by Gasteiger charge is -2.49. The molecule has 32 heavy (non-hydrogen) atoms. The lowest BCUT2D eigenvalue weighted by molar-refractivity contribution is -0.0552. The number of fused-ring (bicyclic) bond motifs is 1. The summed E-state index contributed by atoms with van der Waals surface area (Å²) in [6, 6.07) is 14.5. The molecule has 0 spiro atoms. The molecule has 0 radical (unpaired) electrons. The van der Waals surface area contributed by atoms with Gasteiger partial charge in [-0.15, -0.1) is 6.58 Å². The SMILES string of the molecule is C=C1B(C#N)C(C)C2C(c3ccc(Cl)cc3)C(c3ccc(C)cc3Cl)CCC12OC.CC. The van der Waals surface area contributed by atoms with Crippen LogP contribution in [0.15, 0.2) is 54.5 Å². The van der Waals surface area contributed by atoms with E-state index in [1.807, 2.05) is 32.0 Å². The fraction of sp³-hybridized carbons (Fsp3) is 0.444. The van der Waals surface area contributed by atoms with Gasteiger partial charge in [0.1, 0.15) is 0 Å². The van der Waals surface area contributed by atoms with Crippen LogP contribution >= 0.6 is 23.2 Å². The maximum Gasteiger partial charge on any atom is 0.301 e. The zero-order chi connectivity index (χ0) is 23.6. The molecule has 2 fully saturated rings. The van der Waals surface area contributed by atoms with Crippen molar-refractivity contribution in [3.8, 4) is 5.97 Å². The van der Waals surface area contributed by atoms with Gasteiger partial charge in [0, 0.05) is 23.1 Å². The van der Waals surface area contributed by atoms with E-state index in [-0.39, 0.29) is 30.3 Å². The molecule has 1 aliphatic heterocycles. The largest absolute Gasteiger partial charge is 0.374 e.